The zero-order valence-corrected chi connectivity index (χ0v) is 14.8. The second kappa shape index (κ2) is 6.91. The van der Waals surface area contributed by atoms with Crippen molar-refractivity contribution in [3.8, 4) is 6.07 Å². The van der Waals surface area contributed by atoms with Crippen molar-refractivity contribution in [2.75, 3.05) is 13.1 Å². The number of carbonyl (C=O) groups is 2. The minimum Gasteiger partial charge on any atom is -0.463 e. The van der Waals surface area contributed by atoms with Crippen LogP contribution in [0.2, 0.25) is 0 Å². The predicted octanol–water partition coefficient (Wildman–Crippen LogP) is 1.55. The molecule has 0 aromatic carbocycles. The highest BCUT2D eigenvalue weighted by Crippen LogP contribution is 2.49. The van der Waals surface area contributed by atoms with E-state index in [2.05, 4.69) is 12.2 Å². The van der Waals surface area contributed by atoms with E-state index in [4.69, 9.17) is 10.00 Å². The van der Waals surface area contributed by atoms with Gasteiger partial charge >= 0.3 is 5.97 Å². The van der Waals surface area contributed by atoms with Gasteiger partial charge in [-0.25, -0.2) is 4.39 Å². The molecule has 2 saturated carbocycles. The number of fused-ring (bicyclic) bond motifs is 1. The molecule has 0 radical (unpaired) electrons. The fourth-order valence-corrected chi connectivity index (χ4v) is 4.95. The van der Waals surface area contributed by atoms with Gasteiger partial charge in [0, 0.05) is 18.9 Å². The molecule has 25 heavy (non-hydrogen) atoms. The van der Waals surface area contributed by atoms with E-state index < -0.39 is 12.2 Å². The summed E-state index contributed by atoms with van der Waals surface area (Å²) in [6, 6.07) is 1.36. The number of nitrogens with zero attached hydrogens (tertiary/aromatic N) is 2. The van der Waals surface area contributed by atoms with Gasteiger partial charge in [-0.15, -0.1) is 0 Å². The molecule has 1 heterocycles. The third-order valence-corrected chi connectivity index (χ3v) is 5.94. The molecule has 138 valence electrons. The fraction of sp³-hybridized carbons (Fsp3) is 0.833. The van der Waals surface area contributed by atoms with E-state index in [0.29, 0.717) is 11.8 Å². The van der Waals surface area contributed by atoms with Crippen LogP contribution < -0.4 is 5.32 Å². The molecule has 3 fully saturated rings. The number of likely N-dealkylation sites (tertiary alicyclic amines) is 1. The van der Waals surface area contributed by atoms with E-state index in [1.165, 1.54) is 11.8 Å². The van der Waals surface area contributed by atoms with Crippen molar-refractivity contribution in [2.24, 2.45) is 11.8 Å². The van der Waals surface area contributed by atoms with Gasteiger partial charge in [-0.1, -0.05) is 0 Å². The Morgan fingerprint density at radius 1 is 1.32 bits per heavy atom. The van der Waals surface area contributed by atoms with Gasteiger partial charge in [0.15, 0.2) is 0 Å². The van der Waals surface area contributed by atoms with Gasteiger partial charge in [-0.3, -0.25) is 9.59 Å². The highest BCUT2D eigenvalue weighted by molar-refractivity contribution is 5.79. The van der Waals surface area contributed by atoms with Gasteiger partial charge < -0.3 is 15.0 Å². The highest BCUT2D eigenvalue weighted by Gasteiger charge is 2.48. The van der Waals surface area contributed by atoms with Gasteiger partial charge in [0.1, 0.15) is 18.3 Å². The molecule has 1 aliphatic heterocycles. The molecular formula is C18H26FN3O3. The molecule has 1 N–H and O–H groups in total. The number of rotatable bonds is 4. The largest absolute Gasteiger partial charge is 0.463 e. The van der Waals surface area contributed by atoms with Crippen molar-refractivity contribution in [1.29, 1.82) is 5.26 Å². The first-order valence-electron chi connectivity index (χ1n) is 9.05. The quantitative estimate of drug-likeness (QED) is 0.777. The lowest BCUT2D eigenvalue weighted by molar-refractivity contribution is -0.146. The zero-order valence-electron chi connectivity index (χ0n) is 14.8. The molecular weight excluding hydrogens is 325 g/mol. The smallest absolute Gasteiger partial charge is 0.302 e. The van der Waals surface area contributed by atoms with E-state index in [0.717, 1.165) is 25.7 Å². The topological polar surface area (TPSA) is 82.4 Å². The number of amides is 1. The Labute approximate surface area is 147 Å². The lowest BCUT2D eigenvalue weighted by Gasteiger charge is -2.29. The van der Waals surface area contributed by atoms with Crippen LogP contribution in [-0.2, 0) is 14.3 Å². The minimum atomic E-state index is -1.10. The van der Waals surface area contributed by atoms with E-state index in [1.807, 2.05) is 6.07 Å². The average molecular weight is 351 g/mol. The van der Waals surface area contributed by atoms with Crippen LogP contribution in [0.3, 0.4) is 0 Å². The molecule has 3 rings (SSSR count). The summed E-state index contributed by atoms with van der Waals surface area (Å²) >= 11 is 0. The summed E-state index contributed by atoms with van der Waals surface area (Å²) in [6.07, 6.45) is 2.70. The number of esters is 1. The van der Waals surface area contributed by atoms with Gasteiger partial charge in [0.25, 0.3) is 0 Å². The lowest BCUT2D eigenvalue weighted by Crippen LogP contribution is -2.48. The Bertz CT molecular complexity index is 577. The van der Waals surface area contributed by atoms with E-state index in [9.17, 15) is 14.0 Å². The number of alkyl halides is 1. The maximum Gasteiger partial charge on any atom is 0.302 e. The molecule has 0 spiro atoms. The molecule has 7 heteroatoms. The second-order valence-corrected chi connectivity index (χ2v) is 8.07. The predicted molar refractivity (Wildman–Crippen MR) is 88.0 cm³/mol. The number of ether oxygens (including phenoxy) is 1. The highest BCUT2D eigenvalue weighted by atomic mass is 19.1. The van der Waals surface area contributed by atoms with Crippen molar-refractivity contribution >= 4 is 11.9 Å². The number of nitriles is 1. The molecule has 1 amide bonds. The Morgan fingerprint density at radius 3 is 2.52 bits per heavy atom. The summed E-state index contributed by atoms with van der Waals surface area (Å²) in [5.74, 6) is 0.583. The Hall–Kier alpha value is -1.68. The van der Waals surface area contributed by atoms with Crippen molar-refractivity contribution in [2.45, 2.75) is 69.8 Å². The second-order valence-electron chi connectivity index (χ2n) is 8.07. The maximum absolute atomic E-state index is 13.5. The molecule has 0 aromatic heterocycles. The number of halogens is 1. The van der Waals surface area contributed by atoms with Crippen LogP contribution in [0.1, 0.15) is 46.0 Å². The third kappa shape index (κ3) is 3.95. The molecule has 0 bridgehead atoms. The van der Waals surface area contributed by atoms with Gasteiger partial charge in [-0.2, -0.15) is 5.26 Å². The number of hydrogen-bond acceptors (Lipinski definition) is 5. The van der Waals surface area contributed by atoms with E-state index in [-0.39, 0.29) is 43.0 Å². The first kappa shape index (κ1) is 18.1. The summed E-state index contributed by atoms with van der Waals surface area (Å²) in [6.45, 7) is 3.71. The van der Waals surface area contributed by atoms with Crippen LogP contribution in [0, 0.1) is 23.2 Å². The first-order chi connectivity index (χ1) is 11.8. The molecule has 0 aromatic rings. The maximum atomic E-state index is 13.5. The Morgan fingerprint density at radius 2 is 1.96 bits per heavy atom. The molecule has 6 nitrogen and oxygen atoms in total. The summed E-state index contributed by atoms with van der Waals surface area (Å²) in [7, 11) is 0. The summed E-state index contributed by atoms with van der Waals surface area (Å²) in [4.78, 5) is 24.8. The summed E-state index contributed by atoms with van der Waals surface area (Å²) < 4.78 is 18.8. The third-order valence-electron chi connectivity index (χ3n) is 5.94. The molecule has 2 unspecified atom stereocenters. The molecule has 2 aliphatic carbocycles. The van der Waals surface area contributed by atoms with Crippen LogP contribution in [0.5, 0.6) is 0 Å². The fourth-order valence-electron chi connectivity index (χ4n) is 4.95. The van der Waals surface area contributed by atoms with Crippen LogP contribution in [0.25, 0.3) is 0 Å². The molecule has 6 atom stereocenters. The SMILES string of the molecule is CC(=O)OC1C[C@@H]2CC(C)(NCC(=O)N3C[C@@H](F)C[C@H]3C#N)C[C@@H]2C1. The minimum absolute atomic E-state index is 0.0186. The summed E-state index contributed by atoms with van der Waals surface area (Å²) in [5, 5.41) is 12.4. The Kier molecular flexibility index (Phi) is 5.01. The molecule has 3 aliphatic rings. The van der Waals surface area contributed by atoms with Crippen LogP contribution in [0.15, 0.2) is 0 Å². The van der Waals surface area contributed by atoms with Crippen molar-refractivity contribution < 1.29 is 18.7 Å². The summed E-state index contributed by atoms with van der Waals surface area (Å²) in [5.41, 5.74) is -0.136. The monoisotopic (exact) mass is 351 g/mol. The van der Waals surface area contributed by atoms with Crippen molar-refractivity contribution in [1.82, 2.24) is 10.2 Å². The average Bonchev–Trinajstić information content (AvgIpc) is 3.15. The van der Waals surface area contributed by atoms with Gasteiger partial charge in [-0.05, 0) is 44.4 Å². The van der Waals surface area contributed by atoms with Crippen LogP contribution in [-0.4, -0.2) is 53.7 Å². The van der Waals surface area contributed by atoms with Gasteiger partial charge in [0.05, 0.1) is 19.2 Å². The van der Waals surface area contributed by atoms with Crippen molar-refractivity contribution in [3.05, 3.63) is 0 Å². The van der Waals surface area contributed by atoms with Crippen LogP contribution in [0.4, 0.5) is 4.39 Å². The van der Waals surface area contributed by atoms with Crippen molar-refractivity contribution in [3.63, 3.8) is 0 Å². The number of hydrogen-bond donors (Lipinski definition) is 1. The van der Waals surface area contributed by atoms with Crippen LogP contribution >= 0.6 is 0 Å². The zero-order chi connectivity index (χ0) is 18.2. The van der Waals surface area contributed by atoms with E-state index >= 15 is 0 Å². The Balaban J connectivity index is 1.49. The van der Waals surface area contributed by atoms with Gasteiger partial charge in [0.2, 0.25) is 5.91 Å². The molecule has 1 saturated heterocycles. The number of nitrogens with one attached hydrogen (secondary N) is 1. The number of carbonyl (C=O) groups excluding carboxylic acids is 2. The normalized spacial score (nSPS) is 39.9. The first-order valence-corrected chi connectivity index (χ1v) is 9.05. The van der Waals surface area contributed by atoms with E-state index in [1.54, 1.807) is 0 Å². The lowest BCUT2D eigenvalue weighted by atomic mass is 9.95. The standard InChI is InChI=1S/C18H26FN3O3/c1-11(23)25-16-3-12-6-18(2,7-13(12)4-16)21-9-17(24)22-10-14(19)5-15(22)8-20/h12-16,21H,3-7,9-10H2,1-2H3/t12-,13+,14-,15-,16?,18?/m0/s1.